The van der Waals surface area contributed by atoms with Crippen LogP contribution in [0.4, 0.5) is 11.4 Å². The number of nitrogen functional groups attached to an aromatic ring is 1. The van der Waals surface area contributed by atoms with Gasteiger partial charge in [0.25, 0.3) is 0 Å². The van der Waals surface area contributed by atoms with Crippen LogP contribution in [0.5, 0.6) is 5.75 Å². The van der Waals surface area contributed by atoms with E-state index in [1.54, 1.807) is 6.08 Å². The molecule has 0 fully saturated rings. The summed E-state index contributed by atoms with van der Waals surface area (Å²) in [6.45, 7) is 3.30. The van der Waals surface area contributed by atoms with Gasteiger partial charge in [-0.05, 0) is 54.0 Å². The van der Waals surface area contributed by atoms with E-state index in [0.717, 1.165) is 28.1 Å². The molecule has 29 heavy (non-hydrogen) atoms. The Labute approximate surface area is 172 Å². The number of benzene rings is 3. The lowest BCUT2D eigenvalue weighted by Gasteiger charge is -2.09. The van der Waals surface area contributed by atoms with E-state index < -0.39 is 0 Å². The third kappa shape index (κ3) is 6.25. The number of rotatable bonds is 9. The number of para-hydroxylation sites is 1. The highest BCUT2D eigenvalue weighted by atomic mass is 16.5. The van der Waals surface area contributed by atoms with Gasteiger partial charge in [-0.3, -0.25) is 4.79 Å². The number of anilines is 2. The van der Waals surface area contributed by atoms with Crippen LogP contribution in [0.1, 0.15) is 23.6 Å². The zero-order valence-electron chi connectivity index (χ0n) is 16.6. The van der Waals surface area contributed by atoms with Crippen molar-refractivity contribution in [3.05, 3.63) is 95.6 Å². The zero-order chi connectivity index (χ0) is 20.5. The van der Waals surface area contributed by atoms with Crippen LogP contribution in [-0.2, 0) is 17.8 Å². The normalized spacial score (nSPS) is 10.8. The van der Waals surface area contributed by atoms with Gasteiger partial charge in [-0.25, -0.2) is 0 Å². The molecule has 4 heteroatoms. The second kappa shape index (κ2) is 10.1. The monoisotopic (exact) mass is 386 g/mol. The minimum absolute atomic E-state index is 0.0270. The summed E-state index contributed by atoms with van der Waals surface area (Å²) >= 11 is 0. The largest absolute Gasteiger partial charge is 0.494 e. The van der Waals surface area contributed by atoms with E-state index in [4.69, 9.17) is 10.5 Å². The van der Waals surface area contributed by atoms with Gasteiger partial charge >= 0.3 is 0 Å². The second-order valence-electron chi connectivity index (χ2n) is 6.73. The van der Waals surface area contributed by atoms with E-state index in [-0.39, 0.29) is 5.78 Å². The van der Waals surface area contributed by atoms with Gasteiger partial charge < -0.3 is 15.8 Å². The summed E-state index contributed by atoms with van der Waals surface area (Å²) in [7, 11) is 0. The number of hydrogen-bond donors (Lipinski definition) is 2. The summed E-state index contributed by atoms with van der Waals surface area (Å²) in [4.78, 5) is 12.3. The van der Waals surface area contributed by atoms with Crippen molar-refractivity contribution in [3.8, 4) is 5.75 Å². The van der Waals surface area contributed by atoms with Crippen molar-refractivity contribution in [3.63, 3.8) is 0 Å². The standard InChI is InChI=1S/C25H26N2O2/c1-2-29-24-11-6-10-22(17-24)27-18-20-8-5-7-19(15-20)13-14-23(28)16-21-9-3-4-12-25(21)26/h3-15,17,27H,2,16,18,26H2,1H3/b14-13+. The van der Waals surface area contributed by atoms with Crippen LogP contribution in [0.2, 0.25) is 0 Å². The van der Waals surface area contributed by atoms with Gasteiger partial charge in [0.15, 0.2) is 5.78 Å². The molecule has 3 N–H and O–H groups in total. The molecule has 0 atom stereocenters. The fraction of sp³-hybridized carbons (Fsp3) is 0.160. The Bertz CT molecular complexity index is 995. The number of nitrogens with one attached hydrogen (secondary N) is 1. The van der Waals surface area contributed by atoms with Gasteiger partial charge in [-0.1, -0.05) is 48.5 Å². The first-order valence-corrected chi connectivity index (χ1v) is 9.74. The molecule has 0 spiro atoms. The summed E-state index contributed by atoms with van der Waals surface area (Å²) in [5, 5.41) is 3.41. The van der Waals surface area contributed by atoms with Crippen molar-refractivity contribution in [1.29, 1.82) is 0 Å². The topological polar surface area (TPSA) is 64.3 Å². The Morgan fingerprint density at radius 2 is 1.86 bits per heavy atom. The van der Waals surface area contributed by atoms with Crippen LogP contribution in [0, 0.1) is 0 Å². The Morgan fingerprint density at radius 3 is 2.69 bits per heavy atom. The molecule has 0 bridgehead atoms. The summed E-state index contributed by atoms with van der Waals surface area (Å²) in [6, 6.07) is 23.5. The van der Waals surface area contributed by atoms with Crippen LogP contribution >= 0.6 is 0 Å². The SMILES string of the molecule is CCOc1cccc(NCc2cccc(/C=C/C(=O)Cc3ccccc3N)c2)c1. The minimum atomic E-state index is 0.0270. The minimum Gasteiger partial charge on any atom is -0.494 e. The smallest absolute Gasteiger partial charge is 0.160 e. The average molecular weight is 386 g/mol. The quantitative estimate of drug-likeness (QED) is 0.396. The number of ether oxygens (including phenoxy) is 1. The number of carbonyl (C=O) groups excluding carboxylic acids is 1. The molecule has 0 aliphatic carbocycles. The van der Waals surface area contributed by atoms with Gasteiger partial charge in [0.05, 0.1) is 6.61 Å². The molecule has 0 aliphatic rings. The average Bonchev–Trinajstić information content (AvgIpc) is 2.73. The van der Waals surface area contributed by atoms with Crippen molar-refractivity contribution >= 4 is 23.2 Å². The highest BCUT2D eigenvalue weighted by Gasteiger charge is 2.03. The van der Waals surface area contributed by atoms with Gasteiger partial charge in [0.1, 0.15) is 5.75 Å². The van der Waals surface area contributed by atoms with Gasteiger partial charge in [-0.15, -0.1) is 0 Å². The maximum Gasteiger partial charge on any atom is 0.160 e. The molecule has 0 saturated carbocycles. The fourth-order valence-corrected chi connectivity index (χ4v) is 3.00. The molecule has 3 rings (SSSR count). The Morgan fingerprint density at radius 1 is 1.03 bits per heavy atom. The fourth-order valence-electron chi connectivity index (χ4n) is 3.00. The highest BCUT2D eigenvalue weighted by Crippen LogP contribution is 2.18. The summed E-state index contributed by atoms with van der Waals surface area (Å²) in [6.07, 6.45) is 3.77. The van der Waals surface area contributed by atoms with Crippen LogP contribution < -0.4 is 15.8 Å². The summed E-state index contributed by atoms with van der Waals surface area (Å²) in [5.74, 6) is 0.880. The molecule has 0 saturated heterocycles. The van der Waals surface area contributed by atoms with Gasteiger partial charge in [-0.2, -0.15) is 0 Å². The maximum atomic E-state index is 12.3. The van der Waals surface area contributed by atoms with E-state index in [9.17, 15) is 4.79 Å². The molecule has 3 aromatic carbocycles. The van der Waals surface area contributed by atoms with Crippen LogP contribution in [0.3, 0.4) is 0 Å². The first kappa shape index (κ1) is 20.2. The lowest BCUT2D eigenvalue weighted by molar-refractivity contribution is -0.113. The van der Waals surface area contributed by atoms with E-state index in [2.05, 4.69) is 17.4 Å². The van der Waals surface area contributed by atoms with Crippen LogP contribution in [0.25, 0.3) is 6.08 Å². The molecule has 0 radical (unpaired) electrons. The molecular weight excluding hydrogens is 360 g/mol. The molecule has 0 aromatic heterocycles. The van der Waals surface area contributed by atoms with E-state index in [1.165, 1.54) is 0 Å². The highest BCUT2D eigenvalue weighted by molar-refractivity contribution is 5.95. The predicted molar refractivity (Wildman–Crippen MR) is 120 cm³/mol. The molecule has 148 valence electrons. The van der Waals surface area contributed by atoms with Crippen LogP contribution in [-0.4, -0.2) is 12.4 Å². The predicted octanol–water partition coefficient (Wildman–Crippen LogP) is 5.10. The van der Waals surface area contributed by atoms with Gasteiger partial charge in [0, 0.05) is 30.4 Å². The summed E-state index contributed by atoms with van der Waals surface area (Å²) < 4.78 is 5.53. The zero-order valence-corrected chi connectivity index (χ0v) is 16.6. The van der Waals surface area contributed by atoms with Crippen molar-refractivity contribution in [2.75, 3.05) is 17.7 Å². The summed E-state index contributed by atoms with van der Waals surface area (Å²) in [5.41, 5.74) is 10.5. The molecule has 4 nitrogen and oxygen atoms in total. The lowest BCUT2D eigenvalue weighted by atomic mass is 10.1. The first-order chi connectivity index (χ1) is 14.1. The third-order valence-corrected chi connectivity index (χ3v) is 4.47. The molecule has 0 amide bonds. The first-order valence-electron chi connectivity index (χ1n) is 9.74. The van der Waals surface area contributed by atoms with Crippen LogP contribution in [0.15, 0.2) is 78.9 Å². The molecule has 0 aliphatic heterocycles. The lowest BCUT2D eigenvalue weighted by Crippen LogP contribution is -2.02. The Balaban J connectivity index is 1.59. The number of nitrogens with two attached hydrogens (primary N) is 1. The van der Waals surface area contributed by atoms with Crippen molar-refractivity contribution in [2.45, 2.75) is 19.9 Å². The molecule has 0 heterocycles. The molecule has 3 aromatic rings. The van der Waals surface area contributed by atoms with Gasteiger partial charge in [0.2, 0.25) is 0 Å². The van der Waals surface area contributed by atoms with Crippen molar-refractivity contribution in [2.24, 2.45) is 0 Å². The Hall–Kier alpha value is -3.53. The third-order valence-electron chi connectivity index (χ3n) is 4.47. The number of hydrogen-bond acceptors (Lipinski definition) is 4. The van der Waals surface area contributed by atoms with Crippen molar-refractivity contribution < 1.29 is 9.53 Å². The Kier molecular flexibility index (Phi) is 7.06. The maximum absolute atomic E-state index is 12.3. The van der Waals surface area contributed by atoms with E-state index in [1.807, 2.05) is 73.7 Å². The molecule has 0 unspecified atom stereocenters. The van der Waals surface area contributed by atoms with E-state index >= 15 is 0 Å². The number of ketones is 1. The number of carbonyl (C=O) groups is 1. The van der Waals surface area contributed by atoms with Crippen molar-refractivity contribution in [1.82, 2.24) is 0 Å². The second-order valence-corrected chi connectivity index (χ2v) is 6.73. The molecular formula is C25H26N2O2. The number of allylic oxidation sites excluding steroid dienone is 1. The van der Waals surface area contributed by atoms with E-state index in [0.29, 0.717) is 25.3 Å².